The van der Waals surface area contributed by atoms with Crippen LogP contribution in [0.4, 0.5) is 0 Å². The number of ether oxygens (including phenoxy) is 1. The zero-order chi connectivity index (χ0) is 28.5. The Labute approximate surface area is 221 Å². The predicted octanol–water partition coefficient (Wildman–Crippen LogP) is 6.99. The Morgan fingerprint density at radius 1 is 0.784 bits per heavy atom. The molecule has 0 spiro atoms. The van der Waals surface area contributed by atoms with Crippen LogP contribution < -0.4 is 0 Å². The first-order valence-corrected chi connectivity index (χ1v) is 12.8. The molecule has 0 fully saturated rings. The molecule has 2 aromatic rings. The minimum absolute atomic E-state index is 0.0667. The van der Waals surface area contributed by atoms with Gasteiger partial charge in [0.15, 0.2) is 0 Å². The summed E-state index contributed by atoms with van der Waals surface area (Å²) in [5.74, 6) is -1.14. The molecule has 0 aromatic heterocycles. The van der Waals surface area contributed by atoms with E-state index in [1.54, 1.807) is 19.1 Å². The first-order valence-electron chi connectivity index (χ1n) is 12.8. The Balaban J connectivity index is 2.34. The van der Waals surface area contributed by atoms with Crippen LogP contribution in [0.2, 0.25) is 0 Å². The molecule has 6 nitrogen and oxygen atoms in total. The second kappa shape index (κ2) is 10.8. The zero-order valence-electron chi connectivity index (χ0n) is 24.1. The maximum absolute atomic E-state index is 12.9. The normalized spacial score (nSPS) is 13.4. The quantitative estimate of drug-likeness (QED) is 0.345. The number of carboxylic acids is 1. The van der Waals surface area contributed by atoms with Gasteiger partial charge in [0, 0.05) is 6.42 Å². The number of aliphatic carboxylic acids is 1. The number of esters is 1. The van der Waals surface area contributed by atoms with Crippen LogP contribution in [0.1, 0.15) is 115 Å². The Hall–Kier alpha value is -3.02. The predicted molar refractivity (Wildman–Crippen MR) is 146 cm³/mol. The van der Waals surface area contributed by atoms with Crippen molar-refractivity contribution in [3.8, 4) is 11.5 Å². The summed E-state index contributed by atoms with van der Waals surface area (Å²) in [4.78, 5) is 24.5. The Bertz CT molecular complexity index is 1120. The van der Waals surface area contributed by atoms with E-state index < -0.39 is 18.0 Å². The van der Waals surface area contributed by atoms with Crippen LogP contribution in [0.3, 0.4) is 0 Å². The second-order valence-corrected chi connectivity index (χ2v) is 13.1. The van der Waals surface area contributed by atoms with Crippen LogP contribution in [0.25, 0.3) is 0 Å². The molecule has 0 aliphatic rings. The van der Waals surface area contributed by atoms with Crippen LogP contribution in [0.15, 0.2) is 24.3 Å². The van der Waals surface area contributed by atoms with Crippen molar-refractivity contribution < 1.29 is 29.6 Å². The average Bonchev–Trinajstić information content (AvgIpc) is 2.71. The Morgan fingerprint density at radius 2 is 1.24 bits per heavy atom. The van der Waals surface area contributed by atoms with Crippen molar-refractivity contribution in [2.45, 2.75) is 111 Å². The van der Waals surface area contributed by atoms with Gasteiger partial charge >= 0.3 is 11.9 Å². The van der Waals surface area contributed by atoms with Gasteiger partial charge in [-0.3, -0.25) is 9.59 Å². The number of phenols is 2. The fourth-order valence-electron chi connectivity index (χ4n) is 4.40. The molecule has 1 atom stereocenters. The third kappa shape index (κ3) is 7.73. The molecule has 0 radical (unpaired) electrons. The smallest absolute Gasteiger partial charge is 0.307 e. The Morgan fingerprint density at radius 3 is 1.68 bits per heavy atom. The van der Waals surface area contributed by atoms with E-state index in [0.717, 1.165) is 16.7 Å². The fraction of sp³-hybridized carbons (Fsp3) is 0.548. The van der Waals surface area contributed by atoms with Crippen LogP contribution in [0, 0.1) is 6.92 Å². The van der Waals surface area contributed by atoms with E-state index >= 15 is 0 Å². The Kier molecular flexibility index (Phi) is 8.79. The summed E-state index contributed by atoms with van der Waals surface area (Å²) in [6.07, 6.45) is -0.883. The number of aromatic hydroxyl groups is 2. The number of rotatable bonds is 7. The average molecular weight is 513 g/mol. The van der Waals surface area contributed by atoms with Gasteiger partial charge in [-0.2, -0.15) is 0 Å². The van der Waals surface area contributed by atoms with Crippen molar-refractivity contribution in [3.63, 3.8) is 0 Å². The zero-order valence-corrected chi connectivity index (χ0v) is 24.1. The minimum Gasteiger partial charge on any atom is -0.507 e. The molecular weight excluding hydrogens is 468 g/mol. The van der Waals surface area contributed by atoms with E-state index in [1.807, 2.05) is 74.4 Å². The third-order valence-corrected chi connectivity index (χ3v) is 6.54. The molecule has 2 aromatic carbocycles. The lowest BCUT2D eigenvalue weighted by molar-refractivity contribution is -0.153. The minimum atomic E-state index is -1.08. The third-order valence-electron chi connectivity index (χ3n) is 6.54. The molecule has 2 rings (SSSR count). The number of carbonyl (C=O) groups is 2. The van der Waals surface area contributed by atoms with Gasteiger partial charge in [0.25, 0.3) is 0 Å². The second-order valence-electron chi connectivity index (χ2n) is 13.1. The highest BCUT2D eigenvalue weighted by molar-refractivity contribution is 5.72. The van der Waals surface area contributed by atoms with Crippen LogP contribution in [0.5, 0.6) is 11.5 Å². The summed E-state index contributed by atoms with van der Waals surface area (Å²) in [6.45, 7) is 19.8. The van der Waals surface area contributed by atoms with E-state index in [1.165, 1.54) is 0 Å². The molecule has 0 bridgehead atoms. The summed E-state index contributed by atoms with van der Waals surface area (Å²) in [5.41, 5.74) is 3.42. The van der Waals surface area contributed by atoms with E-state index in [-0.39, 0.29) is 40.6 Å². The van der Waals surface area contributed by atoms with Gasteiger partial charge in [-0.1, -0.05) is 74.4 Å². The number of hydrogen-bond donors (Lipinski definition) is 3. The number of aryl methyl sites for hydroxylation is 2. The molecule has 0 saturated heterocycles. The number of phenolic OH excluding ortho intramolecular Hbond substituents is 2. The standard InChI is InChI=1S/C31H44O6/c1-18-13-20(16-23(27(18)35)31(8,9)10)24(17-25(32)33)37-26(34)12-11-19-14-21(29(2,3)4)28(36)22(15-19)30(5,6)7/h13-16,24,35-36H,11-12,17H2,1-10H3,(H,32,33). The molecule has 6 heteroatoms. The molecule has 0 saturated carbocycles. The van der Waals surface area contributed by atoms with Crippen molar-refractivity contribution >= 4 is 11.9 Å². The lowest BCUT2D eigenvalue weighted by atomic mass is 9.78. The highest BCUT2D eigenvalue weighted by Crippen LogP contribution is 2.40. The van der Waals surface area contributed by atoms with E-state index in [4.69, 9.17) is 4.74 Å². The molecule has 37 heavy (non-hydrogen) atoms. The number of benzene rings is 2. The van der Waals surface area contributed by atoms with E-state index in [9.17, 15) is 24.9 Å². The SMILES string of the molecule is Cc1cc(C(CC(=O)O)OC(=O)CCc2cc(C(C)(C)C)c(O)c(C(C)(C)C)c2)cc(C(C)(C)C)c1O. The van der Waals surface area contributed by atoms with Gasteiger partial charge in [0.2, 0.25) is 0 Å². The molecular formula is C31H44O6. The highest BCUT2D eigenvalue weighted by atomic mass is 16.5. The van der Waals surface area contributed by atoms with Gasteiger partial charge in [-0.05, 0) is 75.1 Å². The molecule has 0 heterocycles. The van der Waals surface area contributed by atoms with Crippen molar-refractivity contribution in [1.29, 1.82) is 0 Å². The molecule has 0 aliphatic carbocycles. The summed E-state index contributed by atoms with van der Waals surface area (Å²) >= 11 is 0. The maximum atomic E-state index is 12.9. The lowest BCUT2D eigenvalue weighted by Gasteiger charge is -2.28. The van der Waals surface area contributed by atoms with E-state index in [2.05, 4.69) is 0 Å². The maximum Gasteiger partial charge on any atom is 0.307 e. The fourth-order valence-corrected chi connectivity index (χ4v) is 4.40. The van der Waals surface area contributed by atoms with Crippen LogP contribution in [-0.4, -0.2) is 27.3 Å². The molecule has 3 N–H and O–H groups in total. The number of carbonyl (C=O) groups excluding carboxylic acids is 1. The highest BCUT2D eigenvalue weighted by Gasteiger charge is 2.28. The number of hydrogen-bond acceptors (Lipinski definition) is 5. The summed E-state index contributed by atoms with van der Waals surface area (Å²) in [7, 11) is 0. The molecule has 0 amide bonds. The summed E-state index contributed by atoms with van der Waals surface area (Å²) in [5, 5.41) is 31.0. The van der Waals surface area contributed by atoms with Gasteiger partial charge in [0.05, 0.1) is 6.42 Å². The van der Waals surface area contributed by atoms with Crippen LogP contribution >= 0.6 is 0 Å². The largest absolute Gasteiger partial charge is 0.507 e. The van der Waals surface area contributed by atoms with Crippen LogP contribution in [-0.2, 0) is 37.0 Å². The monoisotopic (exact) mass is 512 g/mol. The molecule has 1 unspecified atom stereocenters. The summed E-state index contributed by atoms with van der Waals surface area (Å²) < 4.78 is 5.70. The topological polar surface area (TPSA) is 104 Å². The van der Waals surface area contributed by atoms with Gasteiger partial charge in [-0.15, -0.1) is 0 Å². The first kappa shape index (κ1) is 30.2. The van der Waals surface area contributed by atoms with E-state index in [0.29, 0.717) is 23.1 Å². The molecule has 0 aliphatic heterocycles. The van der Waals surface area contributed by atoms with Gasteiger partial charge in [-0.25, -0.2) is 0 Å². The first-order chi connectivity index (χ1) is 16.7. The summed E-state index contributed by atoms with van der Waals surface area (Å²) in [6, 6.07) is 7.28. The lowest BCUT2D eigenvalue weighted by Crippen LogP contribution is -2.19. The van der Waals surface area contributed by atoms with Crippen molar-refractivity contribution in [1.82, 2.24) is 0 Å². The molecule has 204 valence electrons. The number of carboxylic acid groups (broad SMARTS) is 1. The van der Waals surface area contributed by atoms with Crippen molar-refractivity contribution in [2.24, 2.45) is 0 Å². The van der Waals surface area contributed by atoms with Gasteiger partial charge in [0.1, 0.15) is 17.6 Å². The van der Waals surface area contributed by atoms with Crippen molar-refractivity contribution in [2.75, 3.05) is 0 Å². The van der Waals surface area contributed by atoms with Gasteiger partial charge < -0.3 is 20.1 Å². The van der Waals surface area contributed by atoms with Crippen molar-refractivity contribution in [3.05, 3.63) is 57.6 Å².